The van der Waals surface area contributed by atoms with Crippen LogP contribution in [0, 0.1) is 11.8 Å². The average molecular weight is 397 g/mol. The van der Waals surface area contributed by atoms with E-state index in [1.54, 1.807) is 6.33 Å². The third kappa shape index (κ3) is 3.97. The highest BCUT2D eigenvalue weighted by molar-refractivity contribution is 5.76. The molecule has 1 amide bonds. The van der Waals surface area contributed by atoms with Crippen LogP contribution >= 0.6 is 0 Å². The van der Waals surface area contributed by atoms with Crippen LogP contribution in [0.3, 0.4) is 0 Å². The van der Waals surface area contributed by atoms with Gasteiger partial charge in [-0.05, 0) is 76.2 Å². The topological polar surface area (TPSA) is 65.8 Å². The maximum atomic E-state index is 12.7. The Labute approximate surface area is 172 Å². The first kappa shape index (κ1) is 18.9. The van der Waals surface area contributed by atoms with Crippen LogP contribution in [-0.4, -0.2) is 69.1 Å². The molecule has 0 bridgehead atoms. The summed E-state index contributed by atoms with van der Waals surface area (Å²) in [5.74, 6) is 2.43. The number of likely N-dealkylation sites (tertiary alicyclic amines) is 2. The van der Waals surface area contributed by atoms with Crippen LogP contribution in [0.5, 0.6) is 0 Å². The lowest BCUT2D eigenvalue weighted by atomic mass is 9.98. The minimum absolute atomic E-state index is 0.357. The van der Waals surface area contributed by atoms with Crippen molar-refractivity contribution in [3.8, 4) is 0 Å². The van der Waals surface area contributed by atoms with E-state index in [0.29, 0.717) is 30.2 Å². The van der Waals surface area contributed by atoms with Crippen molar-refractivity contribution in [1.82, 2.24) is 24.4 Å². The largest absolute Gasteiger partial charge is 0.365 e. The predicted octanol–water partition coefficient (Wildman–Crippen LogP) is 2.64. The molecule has 0 radical (unpaired) electrons. The van der Waals surface area contributed by atoms with Gasteiger partial charge in [0.2, 0.25) is 5.91 Å². The first-order chi connectivity index (χ1) is 14.3. The van der Waals surface area contributed by atoms with Crippen LogP contribution in [0.25, 0.3) is 5.52 Å². The number of hydrogen-bond acceptors (Lipinski definition) is 5. The maximum absolute atomic E-state index is 12.7. The number of nitrogens with one attached hydrogen (secondary N) is 1. The number of carbonyl (C=O) groups is 1. The number of hydrogen-bond donors (Lipinski definition) is 1. The number of carbonyl (C=O) groups excluding carboxylic acids is 1. The van der Waals surface area contributed by atoms with E-state index in [9.17, 15) is 4.79 Å². The van der Waals surface area contributed by atoms with Gasteiger partial charge in [-0.25, -0.2) is 9.50 Å². The number of fused-ring (bicyclic) bond motifs is 2. The number of rotatable bonds is 7. The van der Waals surface area contributed by atoms with E-state index in [0.717, 1.165) is 50.2 Å². The molecule has 0 aromatic carbocycles. The Morgan fingerprint density at radius 2 is 2.07 bits per heavy atom. The van der Waals surface area contributed by atoms with Gasteiger partial charge in [0.15, 0.2) is 5.82 Å². The summed E-state index contributed by atoms with van der Waals surface area (Å²) < 4.78 is 1.86. The van der Waals surface area contributed by atoms with Gasteiger partial charge in [-0.3, -0.25) is 4.79 Å². The second kappa shape index (κ2) is 8.30. The fourth-order valence-electron chi connectivity index (χ4n) is 5.58. The molecule has 2 saturated heterocycles. The molecule has 7 nitrogen and oxygen atoms in total. The fourth-order valence-corrected chi connectivity index (χ4v) is 5.58. The minimum Gasteiger partial charge on any atom is -0.365 e. The molecule has 2 aliphatic heterocycles. The highest BCUT2D eigenvalue weighted by atomic mass is 16.2. The highest BCUT2D eigenvalue weighted by Gasteiger charge is 2.44. The van der Waals surface area contributed by atoms with Crippen molar-refractivity contribution in [2.24, 2.45) is 11.8 Å². The summed E-state index contributed by atoms with van der Waals surface area (Å²) >= 11 is 0. The molecular weight excluding hydrogens is 364 g/mol. The molecule has 1 N–H and O–H groups in total. The van der Waals surface area contributed by atoms with Gasteiger partial charge in [0.25, 0.3) is 0 Å². The quantitative estimate of drug-likeness (QED) is 0.729. The molecule has 7 heteroatoms. The van der Waals surface area contributed by atoms with Crippen LogP contribution in [0.2, 0.25) is 0 Å². The van der Waals surface area contributed by atoms with Gasteiger partial charge in [0, 0.05) is 37.7 Å². The molecule has 29 heavy (non-hydrogen) atoms. The Hall–Kier alpha value is -2.15. The average Bonchev–Trinajstić information content (AvgIpc) is 3.50. The van der Waals surface area contributed by atoms with Crippen molar-refractivity contribution in [3.05, 3.63) is 24.7 Å². The lowest BCUT2D eigenvalue weighted by molar-refractivity contribution is -0.130. The standard InChI is InChI=1S/C22H32N6O/c29-21(7-1-2-10-26-11-3-4-12-26)27-14-17-8-9-19(18(17)15-27)25-22-20-6-5-13-28(20)24-16-23-22/h5-6,13,16-19H,1-4,7-12,14-15H2,(H,23,24,25). The van der Waals surface area contributed by atoms with Crippen molar-refractivity contribution in [2.75, 3.05) is 38.0 Å². The highest BCUT2D eigenvalue weighted by Crippen LogP contribution is 2.40. The van der Waals surface area contributed by atoms with E-state index in [-0.39, 0.29) is 0 Å². The second-order valence-electron chi connectivity index (χ2n) is 9.00. The Bertz CT molecular complexity index is 845. The number of nitrogens with zero attached hydrogens (tertiary/aromatic N) is 5. The third-order valence-corrected chi connectivity index (χ3v) is 7.18. The van der Waals surface area contributed by atoms with Crippen molar-refractivity contribution < 1.29 is 4.79 Å². The summed E-state index contributed by atoms with van der Waals surface area (Å²) in [4.78, 5) is 21.9. The van der Waals surface area contributed by atoms with Gasteiger partial charge >= 0.3 is 0 Å². The smallest absolute Gasteiger partial charge is 0.222 e. The summed E-state index contributed by atoms with van der Waals surface area (Å²) in [6.07, 6.45) is 11.5. The Kier molecular flexibility index (Phi) is 5.40. The van der Waals surface area contributed by atoms with E-state index in [2.05, 4.69) is 25.2 Å². The first-order valence-corrected chi connectivity index (χ1v) is 11.3. The molecule has 2 aromatic heterocycles. The molecular formula is C22H32N6O. The number of aromatic nitrogens is 3. The molecule has 3 aliphatic rings. The van der Waals surface area contributed by atoms with Crippen LogP contribution in [-0.2, 0) is 4.79 Å². The van der Waals surface area contributed by atoms with Gasteiger partial charge in [0.05, 0.1) is 0 Å². The third-order valence-electron chi connectivity index (χ3n) is 7.18. The monoisotopic (exact) mass is 396 g/mol. The minimum atomic E-state index is 0.357. The summed E-state index contributed by atoms with van der Waals surface area (Å²) in [5, 5.41) is 7.92. The molecule has 3 fully saturated rings. The number of unbranched alkanes of at least 4 members (excludes halogenated alkanes) is 1. The van der Waals surface area contributed by atoms with Gasteiger partial charge < -0.3 is 15.1 Å². The molecule has 3 unspecified atom stereocenters. The van der Waals surface area contributed by atoms with E-state index in [1.165, 1.54) is 32.4 Å². The lowest BCUT2D eigenvalue weighted by Crippen LogP contribution is -2.33. The molecule has 1 saturated carbocycles. The van der Waals surface area contributed by atoms with E-state index in [4.69, 9.17) is 0 Å². The SMILES string of the molecule is O=C(CCCCN1CCCC1)N1CC2CCC(Nc3ncnn4cccc34)C2C1. The van der Waals surface area contributed by atoms with E-state index < -0.39 is 0 Å². The molecule has 3 atom stereocenters. The summed E-state index contributed by atoms with van der Waals surface area (Å²) in [7, 11) is 0. The second-order valence-corrected chi connectivity index (χ2v) is 9.00. The first-order valence-electron chi connectivity index (χ1n) is 11.3. The number of amides is 1. The maximum Gasteiger partial charge on any atom is 0.222 e. The van der Waals surface area contributed by atoms with Gasteiger partial charge in [0.1, 0.15) is 11.8 Å². The molecule has 2 aromatic rings. The van der Waals surface area contributed by atoms with Gasteiger partial charge in [-0.15, -0.1) is 0 Å². The Morgan fingerprint density at radius 1 is 1.17 bits per heavy atom. The van der Waals surface area contributed by atoms with Crippen molar-refractivity contribution in [3.63, 3.8) is 0 Å². The molecule has 5 rings (SSSR count). The summed E-state index contributed by atoms with van der Waals surface area (Å²) in [5.41, 5.74) is 1.01. The van der Waals surface area contributed by atoms with Crippen LogP contribution in [0.15, 0.2) is 24.7 Å². The zero-order valence-corrected chi connectivity index (χ0v) is 17.2. The zero-order valence-electron chi connectivity index (χ0n) is 17.2. The summed E-state index contributed by atoms with van der Waals surface area (Å²) in [6, 6.07) is 4.43. The summed E-state index contributed by atoms with van der Waals surface area (Å²) in [6.45, 7) is 5.50. The van der Waals surface area contributed by atoms with Crippen molar-refractivity contribution >= 4 is 17.2 Å². The lowest BCUT2D eigenvalue weighted by Gasteiger charge is -2.22. The van der Waals surface area contributed by atoms with Crippen molar-refractivity contribution in [2.45, 2.75) is 51.0 Å². The fraction of sp³-hybridized carbons (Fsp3) is 0.682. The normalized spacial score (nSPS) is 27.0. The van der Waals surface area contributed by atoms with Crippen molar-refractivity contribution in [1.29, 1.82) is 0 Å². The molecule has 1 aliphatic carbocycles. The Morgan fingerprint density at radius 3 is 2.97 bits per heavy atom. The van der Waals surface area contributed by atoms with Gasteiger partial charge in [-0.2, -0.15) is 5.10 Å². The molecule has 4 heterocycles. The van der Waals surface area contributed by atoms with E-state index in [1.807, 2.05) is 22.8 Å². The molecule has 156 valence electrons. The predicted molar refractivity (Wildman–Crippen MR) is 113 cm³/mol. The van der Waals surface area contributed by atoms with Gasteiger partial charge in [-0.1, -0.05) is 0 Å². The van der Waals surface area contributed by atoms with E-state index >= 15 is 0 Å². The van der Waals surface area contributed by atoms with Crippen LogP contribution in [0.4, 0.5) is 5.82 Å². The number of anilines is 1. The zero-order chi connectivity index (χ0) is 19.6. The molecule has 0 spiro atoms. The van der Waals surface area contributed by atoms with Crippen LogP contribution < -0.4 is 5.32 Å². The Balaban J connectivity index is 1.12. The van der Waals surface area contributed by atoms with Crippen LogP contribution in [0.1, 0.15) is 44.9 Å².